The maximum atomic E-state index is 12.6. The van der Waals surface area contributed by atoms with Crippen LogP contribution >= 0.6 is 0 Å². The van der Waals surface area contributed by atoms with Crippen molar-refractivity contribution in [2.75, 3.05) is 19.7 Å². The van der Waals surface area contributed by atoms with Gasteiger partial charge in [0, 0.05) is 29.8 Å². The predicted molar refractivity (Wildman–Crippen MR) is 86.4 cm³/mol. The molecule has 3 N–H and O–H groups in total. The standard InChI is InChI=1S/C16H25N3O4/c1-3-5-16(10-20)6-4-7-19(9-16)13(21)8-12-11(2)17-15(23)18-14(12)22/h20H,3-10H2,1-2H3,(H2,17,18,22,23)/t16-/m1/s1. The highest BCUT2D eigenvalue weighted by Gasteiger charge is 2.36. The van der Waals surface area contributed by atoms with E-state index in [0.717, 1.165) is 25.7 Å². The summed E-state index contributed by atoms with van der Waals surface area (Å²) in [6.45, 7) is 4.93. The molecule has 7 heteroatoms. The van der Waals surface area contributed by atoms with Crippen LogP contribution in [0.4, 0.5) is 0 Å². The van der Waals surface area contributed by atoms with E-state index in [1.807, 2.05) is 0 Å². The number of H-pyrrole nitrogens is 2. The molecule has 1 fully saturated rings. The third-order valence-electron chi connectivity index (χ3n) is 4.71. The summed E-state index contributed by atoms with van der Waals surface area (Å²) in [4.78, 5) is 42.1. The molecule has 1 aliphatic rings. The van der Waals surface area contributed by atoms with E-state index in [0.29, 0.717) is 24.3 Å². The third kappa shape index (κ3) is 3.90. The van der Waals surface area contributed by atoms with Crippen molar-refractivity contribution < 1.29 is 9.90 Å². The zero-order valence-corrected chi connectivity index (χ0v) is 13.8. The number of hydrogen-bond acceptors (Lipinski definition) is 4. The lowest BCUT2D eigenvalue weighted by Crippen LogP contribution is -2.48. The summed E-state index contributed by atoms with van der Waals surface area (Å²) in [5.41, 5.74) is -0.589. The molecule has 1 aromatic heterocycles. The molecule has 0 saturated carbocycles. The molecule has 0 spiro atoms. The van der Waals surface area contributed by atoms with Gasteiger partial charge in [-0.25, -0.2) is 4.79 Å². The van der Waals surface area contributed by atoms with Crippen LogP contribution in [0.1, 0.15) is 43.9 Å². The van der Waals surface area contributed by atoms with Crippen molar-refractivity contribution in [2.45, 2.75) is 46.0 Å². The van der Waals surface area contributed by atoms with Crippen LogP contribution in [0, 0.1) is 12.3 Å². The van der Waals surface area contributed by atoms with Crippen LogP contribution in [0.3, 0.4) is 0 Å². The fourth-order valence-electron chi connectivity index (χ4n) is 3.47. The number of aliphatic hydroxyl groups is 1. The first-order chi connectivity index (χ1) is 10.9. The molecular formula is C16H25N3O4. The van der Waals surface area contributed by atoms with E-state index in [2.05, 4.69) is 16.9 Å². The van der Waals surface area contributed by atoms with Crippen LogP contribution in [0.25, 0.3) is 0 Å². The quantitative estimate of drug-likeness (QED) is 0.725. The Morgan fingerprint density at radius 2 is 2.09 bits per heavy atom. The molecule has 7 nitrogen and oxygen atoms in total. The van der Waals surface area contributed by atoms with Crippen LogP contribution in [0.15, 0.2) is 9.59 Å². The number of aromatic nitrogens is 2. The first-order valence-electron chi connectivity index (χ1n) is 8.11. The largest absolute Gasteiger partial charge is 0.396 e. The van der Waals surface area contributed by atoms with E-state index in [-0.39, 0.29) is 24.3 Å². The van der Waals surface area contributed by atoms with Crippen molar-refractivity contribution in [3.63, 3.8) is 0 Å². The minimum atomic E-state index is -0.566. The van der Waals surface area contributed by atoms with Gasteiger partial charge in [0.25, 0.3) is 5.56 Å². The Morgan fingerprint density at radius 1 is 1.35 bits per heavy atom. The van der Waals surface area contributed by atoms with Crippen LogP contribution < -0.4 is 11.2 Å². The molecule has 128 valence electrons. The van der Waals surface area contributed by atoms with E-state index >= 15 is 0 Å². The zero-order chi connectivity index (χ0) is 17.0. The van der Waals surface area contributed by atoms with Gasteiger partial charge in [-0.1, -0.05) is 13.3 Å². The lowest BCUT2D eigenvalue weighted by molar-refractivity contribution is -0.135. The number of carbonyl (C=O) groups is 1. The SMILES string of the molecule is CCC[C@@]1(CO)CCCN(C(=O)Cc2c(C)[nH]c(=O)[nH]c2=O)C1. The topological polar surface area (TPSA) is 106 Å². The summed E-state index contributed by atoms with van der Waals surface area (Å²) < 4.78 is 0. The number of nitrogens with zero attached hydrogens (tertiary/aromatic N) is 1. The number of nitrogens with one attached hydrogen (secondary N) is 2. The van der Waals surface area contributed by atoms with Gasteiger partial charge in [-0.3, -0.25) is 14.6 Å². The number of likely N-dealkylation sites (tertiary alicyclic amines) is 1. The normalized spacial score (nSPS) is 21.4. The number of aromatic amines is 2. The molecule has 2 rings (SSSR count). The highest BCUT2D eigenvalue weighted by molar-refractivity contribution is 5.79. The Kier molecular flexibility index (Phi) is 5.41. The van der Waals surface area contributed by atoms with Crippen LogP contribution in [0.2, 0.25) is 0 Å². The third-order valence-corrected chi connectivity index (χ3v) is 4.71. The summed E-state index contributed by atoms with van der Waals surface area (Å²) in [6.07, 6.45) is 3.57. The zero-order valence-electron chi connectivity index (χ0n) is 13.8. The molecule has 1 aromatic rings. The van der Waals surface area contributed by atoms with Crippen molar-refractivity contribution in [3.05, 3.63) is 32.1 Å². The Hall–Kier alpha value is -1.89. The number of amides is 1. The highest BCUT2D eigenvalue weighted by Crippen LogP contribution is 2.34. The van der Waals surface area contributed by atoms with Crippen molar-refractivity contribution in [3.8, 4) is 0 Å². The molecule has 1 saturated heterocycles. The highest BCUT2D eigenvalue weighted by atomic mass is 16.3. The van der Waals surface area contributed by atoms with E-state index in [9.17, 15) is 19.5 Å². The van der Waals surface area contributed by atoms with Crippen molar-refractivity contribution in [2.24, 2.45) is 5.41 Å². The summed E-state index contributed by atoms with van der Waals surface area (Å²) in [7, 11) is 0. The molecule has 0 bridgehead atoms. The maximum absolute atomic E-state index is 12.6. The van der Waals surface area contributed by atoms with E-state index in [1.165, 1.54) is 0 Å². The number of hydrogen-bond donors (Lipinski definition) is 3. The lowest BCUT2D eigenvalue weighted by Gasteiger charge is -2.42. The fraction of sp³-hybridized carbons (Fsp3) is 0.688. The first kappa shape index (κ1) is 17.5. The Labute approximate surface area is 134 Å². The molecule has 0 aromatic carbocycles. The lowest BCUT2D eigenvalue weighted by atomic mass is 9.77. The van der Waals surface area contributed by atoms with Gasteiger partial charge in [-0.15, -0.1) is 0 Å². The minimum absolute atomic E-state index is 0.0361. The average Bonchev–Trinajstić information content (AvgIpc) is 2.51. The second-order valence-electron chi connectivity index (χ2n) is 6.52. The number of aryl methyl sites for hydroxylation is 1. The van der Waals surface area contributed by atoms with Crippen molar-refractivity contribution in [1.29, 1.82) is 0 Å². The number of rotatable bonds is 5. The molecule has 1 amide bonds. The smallest absolute Gasteiger partial charge is 0.325 e. The molecular weight excluding hydrogens is 298 g/mol. The molecule has 0 unspecified atom stereocenters. The van der Waals surface area contributed by atoms with Crippen LogP contribution in [0.5, 0.6) is 0 Å². The predicted octanol–water partition coefficient (Wildman–Crippen LogP) is 0.315. The van der Waals surface area contributed by atoms with Gasteiger partial charge in [0.1, 0.15) is 0 Å². The maximum Gasteiger partial charge on any atom is 0.325 e. The second kappa shape index (κ2) is 7.12. The monoisotopic (exact) mass is 323 g/mol. The Morgan fingerprint density at radius 3 is 2.70 bits per heavy atom. The first-order valence-corrected chi connectivity index (χ1v) is 8.11. The number of piperidine rings is 1. The van der Waals surface area contributed by atoms with Gasteiger partial charge in [-0.05, 0) is 26.2 Å². The van der Waals surface area contributed by atoms with Crippen LogP contribution in [-0.4, -0.2) is 45.6 Å². The van der Waals surface area contributed by atoms with Gasteiger partial charge >= 0.3 is 5.69 Å². The molecule has 0 aliphatic carbocycles. The Balaban J connectivity index is 2.15. The van der Waals surface area contributed by atoms with Crippen LogP contribution in [-0.2, 0) is 11.2 Å². The van der Waals surface area contributed by atoms with E-state index in [1.54, 1.807) is 11.8 Å². The summed E-state index contributed by atoms with van der Waals surface area (Å²) in [5, 5.41) is 9.75. The van der Waals surface area contributed by atoms with E-state index < -0.39 is 11.2 Å². The summed E-state index contributed by atoms with van der Waals surface area (Å²) in [6, 6.07) is 0. The molecule has 1 atom stereocenters. The fourth-order valence-corrected chi connectivity index (χ4v) is 3.47. The van der Waals surface area contributed by atoms with E-state index in [4.69, 9.17) is 0 Å². The van der Waals surface area contributed by atoms with Gasteiger partial charge in [0.2, 0.25) is 5.91 Å². The second-order valence-corrected chi connectivity index (χ2v) is 6.52. The number of aliphatic hydroxyl groups excluding tert-OH is 1. The molecule has 1 aliphatic heterocycles. The Bertz CT molecular complexity index is 675. The molecule has 2 heterocycles. The van der Waals surface area contributed by atoms with Gasteiger partial charge in [0.05, 0.1) is 13.0 Å². The minimum Gasteiger partial charge on any atom is -0.396 e. The van der Waals surface area contributed by atoms with Crippen molar-refractivity contribution in [1.82, 2.24) is 14.9 Å². The summed E-state index contributed by atoms with van der Waals surface area (Å²) >= 11 is 0. The van der Waals surface area contributed by atoms with Gasteiger partial charge < -0.3 is 15.0 Å². The molecule has 0 radical (unpaired) electrons. The van der Waals surface area contributed by atoms with Crippen molar-refractivity contribution >= 4 is 5.91 Å². The summed E-state index contributed by atoms with van der Waals surface area (Å²) in [5.74, 6) is -0.140. The van der Waals surface area contributed by atoms with Gasteiger partial charge in [-0.2, -0.15) is 0 Å². The van der Waals surface area contributed by atoms with Gasteiger partial charge in [0.15, 0.2) is 0 Å². The number of carbonyl (C=O) groups excluding carboxylic acids is 1. The molecule has 23 heavy (non-hydrogen) atoms. The average molecular weight is 323 g/mol.